The monoisotopic (exact) mass is 341 g/mol. The fourth-order valence-corrected chi connectivity index (χ4v) is 2.45. The molecular weight excluding hydrogens is 325 g/mol. The van der Waals surface area contributed by atoms with Crippen LogP contribution in [-0.2, 0) is 14.4 Å². The molecule has 0 spiro atoms. The smallest absolute Gasteiger partial charge is 0.273 e. The summed E-state index contributed by atoms with van der Waals surface area (Å²) in [5, 5.41) is 8.80. The minimum Gasteiger partial charge on any atom is -0.387 e. The van der Waals surface area contributed by atoms with Gasteiger partial charge in [0, 0.05) is 19.0 Å². The molecule has 1 heterocycles. The Morgan fingerprint density at radius 1 is 1.16 bits per heavy atom. The van der Waals surface area contributed by atoms with Crippen molar-refractivity contribution in [1.82, 2.24) is 0 Å². The molecule has 0 aliphatic carbocycles. The minimum absolute atomic E-state index is 0.0397. The number of benzene rings is 2. The SMILES string of the molecule is CC(=O)Nc1ccc(F)c(NC(=O)C2=NOC(c3ccccc3)C2)c1. The Kier molecular flexibility index (Phi) is 4.74. The Morgan fingerprint density at radius 3 is 2.64 bits per heavy atom. The van der Waals surface area contributed by atoms with Gasteiger partial charge in [0.15, 0.2) is 6.10 Å². The van der Waals surface area contributed by atoms with Crippen LogP contribution >= 0.6 is 0 Å². The number of amides is 2. The minimum atomic E-state index is -0.610. The highest BCUT2D eigenvalue weighted by Crippen LogP contribution is 2.28. The first-order valence-electron chi connectivity index (χ1n) is 7.69. The van der Waals surface area contributed by atoms with E-state index in [1.165, 1.54) is 25.1 Å². The summed E-state index contributed by atoms with van der Waals surface area (Å²) >= 11 is 0. The molecule has 0 saturated heterocycles. The molecule has 0 bridgehead atoms. The Bertz CT molecular complexity index is 837. The van der Waals surface area contributed by atoms with Gasteiger partial charge >= 0.3 is 0 Å². The number of rotatable bonds is 4. The molecule has 128 valence electrons. The van der Waals surface area contributed by atoms with Crippen molar-refractivity contribution < 1.29 is 18.8 Å². The number of halogens is 1. The summed E-state index contributed by atoms with van der Waals surface area (Å²) < 4.78 is 13.9. The lowest BCUT2D eigenvalue weighted by Gasteiger charge is -2.09. The third kappa shape index (κ3) is 4.00. The Morgan fingerprint density at radius 2 is 1.92 bits per heavy atom. The quantitative estimate of drug-likeness (QED) is 0.896. The van der Waals surface area contributed by atoms with Gasteiger partial charge in [-0.1, -0.05) is 35.5 Å². The van der Waals surface area contributed by atoms with Crippen LogP contribution in [0.4, 0.5) is 15.8 Å². The van der Waals surface area contributed by atoms with Gasteiger partial charge in [-0.25, -0.2) is 4.39 Å². The number of carbonyl (C=O) groups excluding carboxylic acids is 2. The molecule has 3 rings (SSSR count). The van der Waals surface area contributed by atoms with Crippen molar-refractivity contribution in [3.63, 3.8) is 0 Å². The summed E-state index contributed by atoms with van der Waals surface area (Å²) in [6.07, 6.45) is -0.0411. The number of carbonyl (C=O) groups is 2. The Labute approximate surface area is 143 Å². The van der Waals surface area contributed by atoms with Gasteiger partial charge in [0.2, 0.25) is 5.91 Å². The lowest BCUT2D eigenvalue weighted by atomic mass is 10.0. The van der Waals surface area contributed by atoms with Crippen LogP contribution in [0.2, 0.25) is 0 Å². The van der Waals surface area contributed by atoms with Crippen LogP contribution < -0.4 is 10.6 Å². The van der Waals surface area contributed by atoms with Gasteiger partial charge in [0.05, 0.1) is 5.69 Å². The molecule has 2 amide bonds. The first-order chi connectivity index (χ1) is 12.0. The molecule has 0 aromatic heterocycles. The van der Waals surface area contributed by atoms with Crippen molar-refractivity contribution in [2.75, 3.05) is 10.6 Å². The fraction of sp³-hybridized carbons (Fsp3) is 0.167. The van der Waals surface area contributed by atoms with E-state index in [2.05, 4.69) is 15.8 Å². The molecular formula is C18H16FN3O3. The van der Waals surface area contributed by atoms with E-state index in [-0.39, 0.29) is 23.4 Å². The Hall–Kier alpha value is -3.22. The average molecular weight is 341 g/mol. The van der Waals surface area contributed by atoms with E-state index in [4.69, 9.17) is 4.84 Å². The maximum absolute atomic E-state index is 13.9. The van der Waals surface area contributed by atoms with Gasteiger partial charge in [-0.05, 0) is 23.8 Å². The second-order valence-corrected chi connectivity index (χ2v) is 5.58. The highest BCUT2D eigenvalue weighted by atomic mass is 19.1. The van der Waals surface area contributed by atoms with E-state index in [0.29, 0.717) is 12.1 Å². The van der Waals surface area contributed by atoms with E-state index in [1.54, 1.807) is 0 Å². The summed E-state index contributed by atoms with van der Waals surface area (Å²) in [7, 11) is 0. The van der Waals surface area contributed by atoms with Crippen molar-refractivity contribution in [3.8, 4) is 0 Å². The van der Waals surface area contributed by atoms with Crippen LogP contribution in [0.15, 0.2) is 53.7 Å². The number of nitrogens with one attached hydrogen (secondary N) is 2. The van der Waals surface area contributed by atoms with E-state index in [1.807, 2.05) is 30.3 Å². The molecule has 2 N–H and O–H groups in total. The molecule has 7 heteroatoms. The molecule has 1 atom stereocenters. The van der Waals surface area contributed by atoms with Crippen LogP contribution in [0, 0.1) is 5.82 Å². The largest absolute Gasteiger partial charge is 0.387 e. The number of hydrogen-bond acceptors (Lipinski definition) is 4. The summed E-state index contributed by atoms with van der Waals surface area (Å²) in [4.78, 5) is 28.7. The van der Waals surface area contributed by atoms with Gasteiger partial charge in [-0.15, -0.1) is 0 Å². The molecule has 6 nitrogen and oxygen atoms in total. The third-order valence-corrected chi connectivity index (χ3v) is 3.64. The van der Waals surface area contributed by atoms with E-state index in [0.717, 1.165) is 5.56 Å². The van der Waals surface area contributed by atoms with Gasteiger partial charge in [-0.2, -0.15) is 0 Å². The predicted molar refractivity (Wildman–Crippen MR) is 91.7 cm³/mol. The zero-order valence-corrected chi connectivity index (χ0v) is 13.5. The topological polar surface area (TPSA) is 79.8 Å². The van der Waals surface area contributed by atoms with E-state index >= 15 is 0 Å². The lowest BCUT2D eigenvalue weighted by molar-refractivity contribution is -0.114. The van der Waals surface area contributed by atoms with Crippen molar-refractivity contribution in [2.24, 2.45) is 5.16 Å². The third-order valence-electron chi connectivity index (χ3n) is 3.64. The van der Waals surface area contributed by atoms with Crippen LogP contribution in [-0.4, -0.2) is 17.5 Å². The Balaban J connectivity index is 1.68. The standard InChI is InChI=1S/C18H16FN3O3/c1-11(23)20-13-7-8-14(19)15(9-13)21-18(24)16-10-17(25-22-16)12-5-3-2-4-6-12/h2-9,17H,10H2,1H3,(H,20,23)(H,21,24). The summed E-state index contributed by atoms with van der Waals surface area (Å²) in [6.45, 7) is 1.34. The summed E-state index contributed by atoms with van der Waals surface area (Å²) in [5.74, 6) is -1.44. The zero-order chi connectivity index (χ0) is 17.8. The van der Waals surface area contributed by atoms with Gasteiger partial charge in [0.25, 0.3) is 5.91 Å². The first-order valence-corrected chi connectivity index (χ1v) is 7.69. The van der Waals surface area contributed by atoms with Crippen LogP contribution in [0.1, 0.15) is 25.0 Å². The molecule has 1 unspecified atom stereocenters. The highest BCUT2D eigenvalue weighted by Gasteiger charge is 2.27. The van der Waals surface area contributed by atoms with Crippen molar-refractivity contribution in [2.45, 2.75) is 19.4 Å². The van der Waals surface area contributed by atoms with Crippen molar-refractivity contribution in [1.29, 1.82) is 0 Å². The number of oxime groups is 1. The van der Waals surface area contributed by atoms with Crippen LogP contribution in [0.3, 0.4) is 0 Å². The van der Waals surface area contributed by atoms with E-state index in [9.17, 15) is 14.0 Å². The lowest BCUT2D eigenvalue weighted by Crippen LogP contribution is -2.22. The maximum atomic E-state index is 13.9. The number of anilines is 2. The molecule has 0 saturated carbocycles. The first kappa shape index (κ1) is 16.6. The predicted octanol–water partition coefficient (Wildman–Crippen LogP) is 3.24. The molecule has 2 aromatic carbocycles. The second kappa shape index (κ2) is 7.12. The highest BCUT2D eigenvalue weighted by molar-refractivity contribution is 6.43. The number of nitrogens with zero attached hydrogens (tertiary/aromatic N) is 1. The van der Waals surface area contributed by atoms with Crippen molar-refractivity contribution >= 4 is 28.9 Å². The molecule has 1 aliphatic rings. The van der Waals surface area contributed by atoms with Crippen molar-refractivity contribution in [3.05, 3.63) is 59.9 Å². The van der Waals surface area contributed by atoms with Crippen LogP contribution in [0.5, 0.6) is 0 Å². The average Bonchev–Trinajstić information content (AvgIpc) is 3.08. The molecule has 25 heavy (non-hydrogen) atoms. The van der Waals surface area contributed by atoms with Gasteiger partial charge in [0.1, 0.15) is 11.5 Å². The van der Waals surface area contributed by atoms with Gasteiger partial charge < -0.3 is 15.5 Å². The molecule has 1 aliphatic heterocycles. The maximum Gasteiger partial charge on any atom is 0.273 e. The van der Waals surface area contributed by atoms with Crippen LogP contribution in [0.25, 0.3) is 0 Å². The molecule has 0 fully saturated rings. The van der Waals surface area contributed by atoms with Gasteiger partial charge in [-0.3, -0.25) is 9.59 Å². The summed E-state index contributed by atoms with van der Waals surface area (Å²) in [5.41, 5.74) is 1.43. The zero-order valence-electron chi connectivity index (χ0n) is 13.5. The second-order valence-electron chi connectivity index (χ2n) is 5.58. The fourth-order valence-electron chi connectivity index (χ4n) is 2.45. The normalized spacial score (nSPS) is 15.9. The molecule has 2 aromatic rings. The molecule has 0 radical (unpaired) electrons. The van der Waals surface area contributed by atoms with E-state index < -0.39 is 11.7 Å². The summed E-state index contributed by atoms with van der Waals surface area (Å²) in [6, 6.07) is 13.3. The number of hydrogen-bond donors (Lipinski definition) is 2.